The average molecular weight is 617 g/mol. The van der Waals surface area contributed by atoms with Gasteiger partial charge in [0.25, 0.3) is 5.91 Å². The van der Waals surface area contributed by atoms with Crippen LogP contribution in [0.3, 0.4) is 0 Å². The van der Waals surface area contributed by atoms with Crippen LogP contribution in [0.15, 0.2) is 103 Å². The molecule has 0 saturated carbocycles. The molecule has 9 nitrogen and oxygen atoms in total. The molecule has 4 aromatic rings. The predicted octanol–water partition coefficient (Wildman–Crippen LogP) is 5.73. The Morgan fingerprint density at radius 3 is 2.59 bits per heavy atom. The maximum absolute atomic E-state index is 13.1. The molecular weight excluding hydrogens is 574 g/mol. The molecule has 0 radical (unpaired) electrons. The van der Waals surface area contributed by atoms with Crippen molar-refractivity contribution in [3.05, 3.63) is 119 Å². The second kappa shape index (κ2) is 14.5. The molecule has 9 heteroatoms. The van der Waals surface area contributed by atoms with E-state index < -0.39 is 0 Å². The number of aryl methyl sites for hydroxylation is 1. The number of methoxy groups -OCH3 is 1. The molecule has 1 aliphatic carbocycles. The lowest BCUT2D eigenvalue weighted by Crippen LogP contribution is -2.43. The zero-order valence-corrected chi connectivity index (χ0v) is 26.9. The molecule has 0 spiro atoms. The fraction of sp³-hybridized carbons (Fsp3) is 0.297. The molecule has 236 valence electrons. The smallest absolute Gasteiger partial charge is 0.255 e. The highest BCUT2D eigenvalue weighted by atomic mass is 16.5. The average Bonchev–Trinajstić information content (AvgIpc) is 3.08. The fourth-order valence-corrected chi connectivity index (χ4v) is 5.73. The summed E-state index contributed by atoms with van der Waals surface area (Å²) in [5, 5.41) is 6.41. The van der Waals surface area contributed by atoms with Crippen molar-refractivity contribution >= 4 is 23.2 Å². The van der Waals surface area contributed by atoms with E-state index >= 15 is 0 Å². The summed E-state index contributed by atoms with van der Waals surface area (Å²) in [7, 11) is 3.89. The van der Waals surface area contributed by atoms with Crippen LogP contribution in [0, 0.1) is 6.92 Å². The van der Waals surface area contributed by atoms with Crippen molar-refractivity contribution in [1.82, 2.24) is 19.8 Å². The third kappa shape index (κ3) is 8.04. The summed E-state index contributed by atoms with van der Waals surface area (Å²) in [6, 6.07) is 19.7. The van der Waals surface area contributed by atoms with Crippen LogP contribution in [0.5, 0.6) is 0 Å². The number of aromatic nitrogens is 3. The molecule has 3 heterocycles. The van der Waals surface area contributed by atoms with Gasteiger partial charge in [0.2, 0.25) is 5.95 Å². The van der Waals surface area contributed by atoms with Crippen molar-refractivity contribution in [2.24, 2.45) is 0 Å². The first-order chi connectivity index (χ1) is 22.4. The first-order valence-corrected chi connectivity index (χ1v) is 15.9. The number of amides is 1. The number of likely N-dealkylation sites (N-methyl/N-ethyl adjacent to an activating group) is 1. The SMILES string of the molecule is COC1=CC=C(C[n+]2cccc(-c3ccnc(Nc4cc(NC(=O)c5ccc(CN6CCN(C)CC6)cc5)ccc4C)n3)c2)CC1. The Bertz CT molecular complexity index is 1740. The topological polar surface area (TPSA) is 86.5 Å². The van der Waals surface area contributed by atoms with E-state index in [9.17, 15) is 4.79 Å². The lowest BCUT2D eigenvalue weighted by atomic mass is 10.0. The van der Waals surface area contributed by atoms with Crippen LogP contribution in [0.1, 0.15) is 34.3 Å². The lowest BCUT2D eigenvalue weighted by Gasteiger charge is -2.32. The maximum Gasteiger partial charge on any atom is 0.255 e. The Hall–Kier alpha value is -4.86. The van der Waals surface area contributed by atoms with E-state index in [0.29, 0.717) is 17.2 Å². The second-order valence-corrected chi connectivity index (χ2v) is 12.1. The van der Waals surface area contributed by atoms with Gasteiger partial charge in [-0.2, -0.15) is 0 Å². The highest BCUT2D eigenvalue weighted by Crippen LogP contribution is 2.25. The van der Waals surface area contributed by atoms with E-state index in [-0.39, 0.29) is 5.91 Å². The van der Waals surface area contributed by atoms with E-state index in [1.165, 1.54) is 11.1 Å². The van der Waals surface area contributed by atoms with Crippen LogP contribution in [0.4, 0.5) is 17.3 Å². The monoisotopic (exact) mass is 616 g/mol. The molecule has 0 unspecified atom stereocenters. The molecule has 2 aromatic carbocycles. The van der Waals surface area contributed by atoms with Gasteiger partial charge in [0.15, 0.2) is 18.9 Å². The van der Waals surface area contributed by atoms with E-state index in [0.717, 1.165) is 80.4 Å². The van der Waals surface area contributed by atoms with Crippen molar-refractivity contribution in [1.29, 1.82) is 0 Å². The first-order valence-electron chi connectivity index (χ1n) is 15.9. The van der Waals surface area contributed by atoms with Crippen molar-refractivity contribution in [3.63, 3.8) is 0 Å². The van der Waals surface area contributed by atoms with Crippen molar-refractivity contribution in [2.75, 3.05) is 51.0 Å². The van der Waals surface area contributed by atoms with E-state index in [1.807, 2.05) is 49.4 Å². The van der Waals surface area contributed by atoms with Gasteiger partial charge >= 0.3 is 0 Å². The zero-order chi connectivity index (χ0) is 31.9. The van der Waals surface area contributed by atoms with Crippen LogP contribution in [0.2, 0.25) is 0 Å². The Morgan fingerprint density at radius 1 is 1.00 bits per heavy atom. The summed E-state index contributed by atoms with van der Waals surface area (Å²) in [5.41, 5.74) is 7.57. The summed E-state index contributed by atoms with van der Waals surface area (Å²) in [6.07, 6.45) is 12.1. The first kappa shape index (κ1) is 31.1. The number of benzene rings is 2. The summed E-state index contributed by atoms with van der Waals surface area (Å²) >= 11 is 0. The number of ether oxygens (including phenoxy) is 1. The molecule has 0 atom stereocenters. The second-order valence-electron chi connectivity index (χ2n) is 12.1. The highest BCUT2D eigenvalue weighted by Gasteiger charge is 2.16. The molecule has 2 aromatic heterocycles. The van der Waals surface area contributed by atoms with Crippen LogP contribution in [0.25, 0.3) is 11.3 Å². The minimum absolute atomic E-state index is 0.143. The number of hydrogen-bond acceptors (Lipinski definition) is 7. The fourth-order valence-electron chi connectivity index (χ4n) is 5.73. The standard InChI is InChI=1S/C37H41N7O2/c1-27-6-13-32(39-36(45)30-11-7-28(8-12-30)24-43-21-19-42(2)20-22-43)23-35(27)41-37-38-17-16-34(40-37)31-5-4-18-44(26-31)25-29-9-14-33(46-3)15-10-29/h4-9,11-14,16-18,23,26H,10,15,19-22,24-25H2,1-3H3,(H-,38,39,40,41,45)/p+1. The normalized spacial score (nSPS) is 15.5. The molecule has 6 rings (SSSR count). The van der Waals surface area contributed by atoms with Crippen LogP contribution >= 0.6 is 0 Å². The minimum Gasteiger partial charge on any atom is -0.501 e. The molecular formula is C37H42N7O2+. The number of carbonyl (C=O) groups is 1. The van der Waals surface area contributed by atoms with Crippen molar-refractivity contribution < 1.29 is 14.1 Å². The molecule has 1 amide bonds. The number of hydrogen-bond donors (Lipinski definition) is 2. The van der Waals surface area contributed by atoms with E-state index in [4.69, 9.17) is 9.72 Å². The number of nitrogens with one attached hydrogen (secondary N) is 2. The number of rotatable bonds is 10. The van der Waals surface area contributed by atoms with Gasteiger partial charge < -0.3 is 20.3 Å². The molecule has 2 aliphatic rings. The van der Waals surface area contributed by atoms with E-state index in [2.05, 4.69) is 79.8 Å². The number of anilines is 3. The summed E-state index contributed by atoms with van der Waals surface area (Å²) in [5.74, 6) is 1.37. The number of allylic oxidation sites excluding steroid dienone is 4. The van der Waals surface area contributed by atoms with Crippen molar-refractivity contribution in [2.45, 2.75) is 32.9 Å². The van der Waals surface area contributed by atoms with Gasteiger partial charge in [-0.1, -0.05) is 24.3 Å². The molecule has 2 N–H and O–H groups in total. The summed E-state index contributed by atoms with van der Waals surface area (Å²) < 4.78 is 7.54. The third-order valence-electron chi connectivity index (χ3n) is 8.61. The van der Waals surface area contributed by atoms with Crippen LogP contribution in [-0.2, 0) is 17.8 Å². The molecule has 1 saturated heterocycles. The van der Waals surface area contributed by atoms with Gasteiger partial charge in [0, 0.05) is 68.3 Å². The number of piperazine rings is 1. The van der Waals surface area contributed by atoms with Gasteiger partial charge in [0.1, 0.15) is 0 Å². The largest absolute Gasteiger partial charge is 0.501 e. The van der Waals surface area contributed by atoms with Gasteiger partial charge in [-0.15, -0.1) is 0 Å². The maximum atomic E-state index is 13.1. The van der Waals surface area contributed by atoms with Gasteiger partial charge in [-0.3, -0.25) is 9.69 Å². The Balaban J connectivity index is 1.10. The summed E-state index contributed by atoms with van der Waals surface area (Å²) in [6.45, 7) is 8.05. The number of pyridine rings is 1. The van der Waals surface area contributed by atoms with Crippen LogP contribution in [-0.4, -0.2) is 66.0 Å². The number of nitrogens with zero attached hydrogens (tertiary/aromatic N) is 5. The summed E-state index contributed by atoms with van der Waals surface area (Å²) in [4.78, 5) is 27.2. The van der Waals surface area contributed by atoms with Gasteiger partial charge in [-0.05, 0) is 79.6 Å². The molecule has 46 heavy (non-hydrogen) atoms. The Labute approximate surface area is 271 Å². The molecule has 1 fully saturated rings. The van der Waals surface area contributed by atoms with Gasteiger partial charge in [-0.25, -0.2) is 14.5 Å². The quantitative estimate of drug-likeness (QED) is 0.220. The lowest BCUT2D eigenvalue weighted by molar-refractivity contribution is -0.688. The van der Waals surface area contributed by atoms with Crippen molar-refractivity contribution in [3.8, 4) is 11.3 Å². The highest BCUT2D eigenvalue weighted by molar-refractivity contribution is 6.04. The molecule has 1 aliphatic heterocycles. The Kier molecular flexibility index (Phi) is 9.81. The number of carbonyl (C=O) groups excluding carboxylic acids is 1. The third-order valence-corrected chi connectivity index (χ3v) is 8.61. The minimum atomic E-state index is -0.143. The van der Waals surface area contributed by atoms with Gasteiger partial charge in [0.05, 0.1) is 24.1 Å². The molecule has 0 bridgehead atoms. The Morgan fingerprint density at radius 2 is 1.83 bits per heavy atom. The van der Waals surface area contributed by atoms with Crippen LogP contribution < -0.4 is 15.2 Å². The predicted molar refractivity (Wildman–Crippen MR) is 182 cm³/mol. The zero-order valence-electron chi connectivity index (χ0n) is 26.9. The van der Waals surface area contributed by atoms with E-state index in [1.54, 1.807) is 13.3 Å².